The summed E-state index contributed by atoms with van der Waals surface area (Å²) in [7, 11) is 0. The van der Waals surface area contributed by atoms with Gasteiger partial charge in [-0.25, -0.2) is 0 Å². The quantitative estimate of drug-likeness (QED) is 0.881. The lowest BCUT2D eigenvalue weighted by atomic mass is 10.0. The van der Waals surface area contributed by atoms with Gasteiger partial charge in [0.15, 0.2) is 0 Å². The van der Waals surface area contributed by atoms with Gasteiger partial charge in [-0.3, -0.25) is 9.69 Å². The number of piperazine rings is 1. The Bertz CT molecular complexity index is 802. The van der Waals surface area contributed by atoms with E-state index in [9.17, 15) is 4.79 Å². The van der Waals surface area contributed by atoms with E-state index in [1.807, 2.05) is 17.9 Å². The van der Waals surface area contributed by atoms with E-state index in [4.69, 9.17) is 5.11 Å². The smallest absolute Gasteiger partial charge is 0.255 e. The summed E-state index contributed by atoms with van der Waals surface area (Å²) >= 11 is 0. The second-order valence-electron chi connectivity index (χ2n) is 7.73. The van der Waals surface area contributed by atoms with Crippen LogP contribution >= 0.6 is 0 Å². The first-order chi connectivity index (χ1) is 12.9. The van der Waals surface area contributed by atoms with E-state index in [1.54, 1.807) is 0 Å². The highest BCUT2D eigenvalue weighted by molar-refractivity contribution is 5.96. The Labute approximate surface area is 162 Å². The van der Waals surface area contributed by atoms with Crippen LogP contribution in [0, 0.1) is 13.8 Å². The van der Waals surface area contributed by atoms with Gasteiger partial charge in [-0.2, -0.15) is 0 Å². The van der Waals surface area contributed by atoms with Crippen LogP contribution in [0.2, 0.25) is 0 Å². The van der Waals surface area contributed by atoms with Crippen molar-refractivity contribution in [2.75, 3.05) is 39.3 Å². The Kier molecular flexibility index (Phi) is 6.02. The van der Waals surface area contributed by atoms with Gasteiger partial charge in [-0.1, -0.05) is 26.0 Å². The van der Waals surface area contributed by atoms with Crippen molar-refractivity contribution in [2.45, 2.75) is 33.6 Å². The summed E-state index contributed by atoms with van der Waals surface area (Å²) in [6.45, 7) is 12.4. The van der Waals surface area contributed by atoms with E-state index < -0.39 is 0 Å². The fraction of sp³-hybridized carbons (Fsp3) is 0.500. The number of carbonyl (C=O) groups is 1. The third-order valence-electron chi connectivity index (χ3n) is 5.53. The van der Waals surface area contributed by atoms with Crippen molar-refractivity contribution in [1.29, 1.82) is 0 Å². The molecule has 1 aliphatic heterocycles. The zero-order valence-corrected chi connectivity index (χ0v) is 16.9. The molecule has 3 rings (SSSR count). The lowest BCUT2D eigenvalue weighted by Gasteiger charge is -2.34. The van der Waals surface area contributed by atoms with Gasteiger partial charge in [0.1, 0.15) is 0 Å². The first kappa shape index (κ1) is 19.6. The van der Waals surface area contributed by atoms with Crippen LogP contribution in [-0.2, 0) is 0 Å². The highest BCUT2D eigenvalue weighted by atomic mass is 16.3. The van der Waals surface area contributed by atoms with E-state index >= 15 is 0 Å². The summed E-state index contributed by atoms with van der Waals surface area (Å²) < 4.78 is 2.18. The van der Waals surface area contributed by atoms with Crippen molar-refractivity contribution in [3.63, 3.8) is 0 Å². The zero-order chi connectivity index (χ0) is 19.6. The molecule has 146 valence electrons. The van der Waals surface area contributed by atoms with Crippen LogP contribution in [0.25, 0.3) is 5.69 Å². The Morgan fingerprint density at radius 2 is 1.81 bits per heavy atom. The maximum absolute atomic E-state index is 13.1. The Balaban J connectivity index is 1.84. The lowest BCUT2D eigenvalue weighted by Crippen LogP contribution is -2.49. The second-order valence-corrected chi connectivity index (χ2v) is 7.73. The van der Waals surface area contributed by atoms with Gasteiger partial charge in [0.05, 0.1) is 12.2 Å². The minimum atomic E-state index is 0.109. The molecule has 0 unspecified atom stereocenters. The van der Waals surface area contributed by atoms with Crippen molar-refractivity contribution in [3.05, 3.63) is 52.8 Å². The fourth-order valence-electron chi connectivity index (χ4n) is 3.89. The third-order valence-corrected chi connectivity index (χ3v) is 5.53. The van der Waals surface area contributed by atoms with Gasteiger partial charge in [0.2, 0.25) is 0 Å². The number of hydrogen-bond acceptors (Lipinski definition) is 3. The second kappa shape index (κ2) is 8.28. The van der Waals surface area contributed by atoms with Crippen molar-refractivity contribution >= 4 is 5.91 Å². The molecule has 1 aromatic heterocycles. The standard InChI is InChI=1S/C22H31N3O2/c1-16(2)19-6-5-7-20(15-19)25-17(3)14-21(18(25)4)22(27)24-10-8-23(9-11-24)12-13-26/h5-7,14-16,26H,8-13H2,1-4H3. The Morgan fingerprint density at radius 1 is 1.11 bits per heavy atom. The number of nitrogens with zero attached hydrogens (tertiary/aromatic N) is 3. The largest absolute Gasteiger partial charge is 0.395 e. The summed E-state index contributed by atoms with van der Waals surface area (Å²) in [6.07, 6.45) is 0. The van der Waals surface area contributed by atoms with Crippen molar-refractivity contribution in [3.8, 4) is 5.69 Å². The molecule has 1 saturated heterocycles. The van der Waals surface area contributed by atoms with Gasteiger partial charge in [0, 0.05) is 49.8 Å². The van der Waals surface area contributed by atoms with Gasteiger partial charge in [-0.15, -0.1) is 0 Å². The number of rotatable bonds is 5. The van der Waals surface area contributed by atoms with Gasteiger partial charge in [-0.05, 0) is 43.5 Å². The van der Waals surface area contributed by atoms with Crippen LogP contribution in [0.15, 0.2) is 30.3 Å². The topological polar surface area (TPSA) is 48.7 Å². The predicted molar refractivity (Wildman–Crippen MR) is 109 cm³/mol. The normalized spacial score (nSPS) is 15.6. The van der Waals surface area contributed by atoms with Crippen LogP contribution in [0.5, 0.6) is 0 Å². The average Bonchev–Trinajstić information content (AvgIpc) is 2.96. The first-order valence-corrected chi connectivity index (χ1v) is 9.84. The molecule has 1 aromatic carbocycles. The number of aryl methyl sites for hydroxylation is 1. The predicted octanol–water partition coefficient (Wildman–Crippen LogP) is 2.97. The van der Waals surface area contributed by atoms with E-state index in [0.29, 0.717) is 25.6 Å². The molecule has 0 bridgehead atoms. The molecule has 5 nitrogen and oxygen atoms in total. The minimum Gasteiger partial charge on any atom is -0.395 e. The molecule has 1 amide bonds. The van der Waals surface area contributed by atoms with E-state index in [-0.39, 0.29) is 12.5 Å². The zero-order valence-electron chi connectivity index (χ0n) is 16.9. The molecule has 2 heterocycles. The van der Waals surface area contributed by atoms with Crippen LogP contribution in [-0.4, -0.2) is 64.7 Å². The molecule has 1 fully saturated rings. The van der Waals surface area contributed by atoms with E-state index in [0.717, 1.165) is 35.7 Å². The average molecular weight is 370 g/mol. The van der Waals surface area contributed by atoms with Gasteiger partial charge < -0.3 is 14.6 Å². The third kappa shape index (κ3) is 4.09. The fourth-order valence-corrected chi connectivity index (χ4v) is 3.89. The SMILES string of the molecule is Cc1cc(C(=O)N2CCN(CCO)CC2)c(C)n1-c1cccc(C(C)C)c1. The molecular weight excluding hydrogens is 338 g/mol. The van der Waals surface area contributed by atoms with Crippen LogP contribution in [0.1, 0.15) is 47.1 Å². The van der Waals surface area contributed by atoms with Crippen LogP contribution in [0.3, 0.4) is 0 Å². The Hall–Kier alpha value is -2.11. The monoisotopic (exact) mass is 369 g/mol. The summed E-state index contributed by atoms with van der Waals surface area (Å²) in [5.41, 5.74) is 5.28. The van der Waals surface area contributed by atoms with Crippen LogP contribution < -0.4 is 0 Å². The number of aliphatic hydroxyl groups is 1. The number of carbonyl (C=O) groups excluding carboxylic acids is 1. The molecule has 2 aromatic rings. The Morgan fingerprint density at radius 3 is 2.44 bits per heavy atom. The van der Waals surface area contributed by atoms with Gasteiger partial charge >= 0.3 is 0 Å². The minimum absolute atomic E-state index is 0.109. The number of aliphatic hydroxyl groups excluding tert-OH is 1. The molecule has 1 aliphatic rings. The number of aromatic nitrogens is 1. The highest BCUT2D eigenvalue weighted by Crippen LogP contribution is 2.25. The number of hydrogen-bond donors (Lipinski definition) is 1. The lowest BCUT2D eigenvalue weighted by molar-refractivity contribution is 0.0614. The summed E-state index contributed by atoms with van der Waals surface area (Å²) in [5, 5.41) is 9.08. The molecule has 5 heteroatoms. The van der Waals surface area contributed by atoms with Crippen molar-refractivity contribution in [1.82, 2.24) is 14.4 Å². The maximum atomic E-state index is 13.1. The molecule has 0 saturated carbocycles. The molecule has 0 atom stereocenters. The molecular formula is C22H31N3O2. The number of benzene rings is 1. The van der Waals surface area contributed by atoms with Gasteiger partial charge in [0.25, 0.3) is 5.91 Å². The van der Waals surface area contributed by atoms with Crippen LogP contribution in [0.4, 0.5) is 0 Å². The highest BCUT2D eigenvalue weighted by Gasteiger charge is 2.25. The summed E-state index contributed by atoms with van der Waals surface area (Å²) in [4.78, 5) is 17.2. The van der Waals surface area contributed by atoms with Crippen molar-refractivity contribution < 1.29 is 9.90 Å². The molecule has 0 aliphatic carbocycles. The molecule has 27 heavy (non-hydrogen) atoms. The molecule has 0 radical (unpaired) electrons. The summed E-state index contributed by atoms with van der Waals surface area (Å²) in [6, 6.07) is 10.6. The maximum Gasteiger partial charge on any atom is 0.255 e. The summed E-state index contributed by atoms with van der Waals surface area (Å²) in [5.74, 6) is 0.579. The molecule has 1 N–H and O–H groups in total. The number of β-amino-alcohol motifs (C(OH)–C–C–N with tert-alkyl or cyclic N) is 1. The van der Waals surface area contributed by atoms with Crippen molar-refractivity contribution in [2.24, 2.45) is 0 Å². The van der Waals surface area contributed by atoms with E-state index in [2.05, 4.69) is 54.5 Å². The number of amides is 1. The molecule has 0 spiro atoms. The first-order valence-electron chi connectivity index (χ1n) is 9.84. The van der Waals surface area contributed by atoms with E-state index in [1.165, 1.54) is 5.56 Å².